The molecule has 1 aliphatic rings. The van der Waals surface area contributed by atoms with Gasteiger partial charge in [0, 0.05) is 36.2 Å². The minimum Gasteiger partial charge on any atom is -0.483 e. The number of nitrogens with zero attached hydrogens (tertiary/aromatic N) is 2. The van der Waals surface area contributed by atoms with Gasteiger partial charge in [-0.3, -0.25) is 25.3 Å². The average molecular weight is 489 g/mol. The van der Waals surface area contributed by atoms with Gasteiger partial charge in [0.15, 0.2) is 0 Å². The highest BCUT2D eigenvalue weighted by Crippen LogP contribution is 2.30. The highest BCUT2D eigenvalue weighted by molar-refractivity contribution is 6.35. The van der Waals surface area contributed by atoms with Crippen molar-refractivity contribution in [1.82, 2.24) is 15.2 Å². The van der Waals surface area contributed by atoms with Gasteiger partial charge in [-0.15, -0.1) is 0 Å². The van der Waals surface area contributed by atoms with E-state index < -0.39 is 6.04 Å². The molecule has 3 aromatic carbocycles. The molecule has 0 saturated carbocycles. The van der Waals surface area contributed by atoms with Crippen molar-refractivity contribution in [2.24, 2.45) is 0 Å². The first-order valence-corrected chi connectivity index (χ1v) is 11.2. The Morgan fingerprint density at radius 1 is 1.00 bits per heavy atom. The number of halogens is 2. The molecule has 33 heavy (non-hydrogen) atoms. The van der Waals surface area contributed by atoms with E-state index in [9.17, 15) is 4.79 Å². The van der Waals surface area contributed by atoms with Crippen LogP contribution < -0.4 is 10.9 Å². The van der Waals surface area contributed by atoms with E-state index in [1.54, 1.807) is 18.2 Å². The summed E-state index contributed by atoms with van der Waals surface area (Å²) >= 11 is 12.1. The van der Waals surface area contributed by atoms with Crippen molar-refractivity contribution in [2.75, 3.05) is 38.7 Å². The number of amides is 1. The van der Waals surface area contributed by atoms with Crippen LogP contribution in [-0.2, 0) is 9.59 Å². The van der Waals surface area contributed by atoms with Gasteiger partial charge in [0.25, 0.3) is 12.4 Å². The monoisotopic (exact) mass is 488 g/mol. The van der Waals surface area contributed by atoms with E-state index in [2.05, 4.69) is 45.9 Å². The topological polar surface area (TPSA) is 84.9 Å². The number of carboxylic acid groups (broad SMARTS) is 1. The first-order valence-electron chi connectivity index (χ1n) is 10.4. The van der Waals surface area contributed by atoms with Gasteiger partial charge in [0.2, 0.25) is 0 Å². The highest BCUT2D eigenvalue weighted by atomic mass is 35.5. The molecule has 7 nitrogen and oxygen atoms in total. The summed E-state index contributed by atoms with van der Waals surface area (Å²) in [4.78, 5) is 26.3. The van der Waals surface area contributed by atoms with Crippen LogP contribution in [-0.4, -0.2) is 60.5 Å². The molecule has 1 aliphatic heterocycles. The molecule has 1 saturated heterocycles. The number of fused-ring (bicyclic) bond motifs is 1. The fourth-order valence-electron chi connectivity index (χ4n) is 3.90. The summed E-state index contributed by atoms with van der Waals surface area (Å²) in [5.41, 5.74) is 7.47. The van der Waals surface area contributed by atoms with Crippen LogP contribution in [0.3, 0.4) is 0 Å². The van der Waals surface area contributed by atoms with E-state index in [-0.39, 0.29) is 12.4 Å². The summed E-state index contributed by atoms with van der Waals surface area (Å²) in [7, 11) is 2.11. The third-order valence-corrected chi connectivity index (χ3v) is 5.90. The summed E-state index contributed by atoms with van der Waals surface area (Å²) in [5.74, 6) is -0.119. The van der Waals surface area contributed by atoms with Gasteiger partial charge >= 0.3 is 0 Å². The Bertz CT molecular complexity index is 1080. The summed E-state index contributed by atoms with van der Waals surface area (Å²) in [6, 6.07) is 19.0. The number of hydrogen-bond donors (Lipinski definition) is 3. The molecule has 1 fully saturated rings. The second-order valence-corrected chi connectivity index (χ2v) is 8.56. The number of hydrazine groups is 1. The van der Waals surface area contributed by atoms with Crippen LogP contribution in [0, 0.1) is 0 Å². The summed E-state index contributed by atoms with van der Waals surface area (Å²) in [5, 5.41) is 10.1. The molecule has 0 spiro atoms. The van der Waals surface area contributed by atoms with Crippen LogP contribution in [0.5, 0.6) is 0 Å². The zero-order chi connectivity index (χ0) is 23.8. The van der Waals surface area contributed by atoms with Crippen LogP contribution in [0.4, 0.5) is 5.69 Å². The fourth-order valence-corrected chi connectivity index (χ4v) is 4.43. The van der Waals surface area contributed by atoms with E-state index in [1.807, 2.05) is 24.3 Å². The molecule has 1 unspecified atom stereocenters. The van der Waals surface area contributed by atoms with Crippen molar-refractivity contribution < 1.29 is 14.7 Å². The fraction of sp³-hybridized carbons (Fsp3) is 0.250. The van der Waals surface area contributed by atoms with Crippen LogP contribution in [0.25, 0.3) is 10.8 Å². The lowest BCUT2D eigenvalue weighted by Crippen LogP contribution is -2.50. The molecule has 0 bridgehead atoms. The first-order chi connectivity index (χ1) is 15.9. The van der Waals surface area contributed by atoms with Gasteiger partial charge in [0.1, 0.15) is 6.04 Å². The first kappa shape index (κ1) is 24.8. The number of hydrogen-bond acceptors (Lipinski definition) is 5. The number of piperazine rings is 1. The van der Waals surface area contributed by atoms with E-state index in [4.69, 9.17) is 33.1 Å². The molecule has 4 rings (SSSR count). The largest absolute Gasteiger partial charge is 0.483 e. The average Bonchev–Trinajstić information content (AvgIpc) is 2.79. The maximum absolute atomic E-state index is 13.4. The minimum absolute atomic E-state index is 0.119. The Morgan fingerprint density at radius 3 is 2.27 bits per heavy atom. The molecular weight excluding hydrogens is 463 g/mol. The third-order valence-electron chi connectivity index (χ3n) is 5.46. The molecule has 174 valence electrons. The zero-order valence-corrected chi connectivity index (χ0v) is 19.7. The Hall–Kier alpha value is -2.84. The molecule has 1 heterocycles. The SMILES string of the molecule is CN1CCN(C(C(=O)NNc2cc(Cl)cc(Cl)c2)c2cccc3ccccc23)CC1.O=CO. The molecular formula is C24H26Cl2N4O3. The smallest absolute Gasteiger partial charge is 0.290 e. The second-order valence-electron chi connectivity index (χ2n) is 7.69. The van der Waals surface area contributed by atoms with Crippen molar-refractivity contribution in [3.05, 3.63) is 76.3 Å². The Labute approximate surface area is 202 Å². The van der Waals surface area contributed by atoms with Gasteiger partial charge in [-0.05, 0) is 41.6 Å². The van der Waals surface area contributed by atoms with Crippen LogP contribution >= 0.6 is 23.2 Å². The van der Waals surface area contributed by atoms with E-state index >= 15 is 0 Å². The van der Waals surface area contributed by atoms with E-state index in [1.165, 1.54) is 0 Å². The number of likely N-dealkylation sites (N-methyl/N-ethyl adjacent to an activating group) is 1. The zero-order valence-electron chi connectivity index (χ0n) is 18.2. The van der Waals surface area contributed by atoms with Crippen LogP contribution in [0.2, 0.25) is 10.0 Å². The normalized spacial score (nSPS) is 15.2. The molecule has 0 aromatic heterocycles. The number of rotatable bonds is 5. The Balaban J connectivity index is 0.000000968. The second kappa shape index (κ2) is 11.9. The summed E-state index contributed by atoms with van der Waals surface area (Å²) < 4.78 is 0. The molecule has 0 aliphatic carbocycles. The van der Waals surface area contributed by atoms with Crippen LogP contribution in [0.1, 0.15) is 11.6 Å². The van der Waals surface area contributed by atoms with Crippen molar-refractivity contribution in [3.63, 3.8) is 0 Å². The maximum atomic E-state index is 13.4. The molecule has 0 radical (unpaired) electrons. The lowest BCUT2D eigenvalue weighted by molar-refractivity contribution is -0.127. The molecule has 9 heteroatoms. The quantitative estimate of drug-likeness (QED) is 0.367. The van der Waals surface area contributed by atoms with Crippen LogP contribution in [0.15, 0.2) is 60.7 Å². The molecule has 1 atom stereocenters. The molecule has 3 N–H and O–H groups in total. The molecule has 1 amide bonds. The van der Waals surface area contributed by atoms with Gasteiger partial charge < -0.3 is 10.0 Å². The van der Waals surface area contributed by atoms with Gasteiger partial charge in [0.05, 0.1) is 5.69 Å². The third kappa shape index (κ3) is 6.58. The van der Waals surface area contributed by atoms with Crippen molar-refractivity contribution in [2.45, 2.75) is 6.04 Å². The highest BCUT2D eigenvalue weighted by Gasteiger charge is 2.31. The van der Waals surface area contributed by atoms with Crippen molar-refractivity contribution >= 4 is 52.0 Å². The number of anilines is 1. The summed E-state index contributed by atoms with van der Waals surface area (Å²) in [6.07, 6.45) is 0. The standard InChI is InChI=1S/C23H24Cl2N4O.CH2O2/c1-28-9-11-29(12-10-28)22(21-8-4-6-16-5-2-3-7-20(16)21)23(30)27-26-19-14-17(24)13-18(25)15-19;2-1-3/h2-8,13-15,22,26H,9-12H2,1H3,(H,27,30);1H,(H,2,3). The number of carbonyl (C=O) groups excluding carboxylic acids is 1. The van der Waals surface area contributed by atoms with E-state index in [0.29, 0.717) is 15.7 Å². The van der Waals surface area contributed by atoms with E-state index in [0.717, 1.165) is 42.5 Å². The Kier molecular flexibility index (Phi) is 8.91. The van der Waals surface area contributed by atoms with Crippen molar-refractivity contribution in [1.29, 1.82) is 0 Å². The minimum atomic E-state index is -0.410. The molecule has 3 aromatic rings. The lowest BCUT2D eigenvalue weighted by Gasteiger charge is -2.37. The Morgan fingerprint density at radius 2 is 1.61 bits per heavy atom. The number of benzene rings is 3. The van der Waals surface area contributed by atoms with Crippen molar-refractivity contribution in [3.8, 4) is 0 Å². The maximum Gasteiger partial charge on any atom is 0.290 e. The van der Waals surface area contributed by atoms with Gasteiger partial charge in [-0.2, -0.15) is 0 Å². The van der Waals surface area contributed by atoms with Gasteiger partial charge in [-0.1, -0.05) is 65.7 Å². The van der Waals surface area contributed by atoms with Gasteiger partial charge in [-0.25, -0.2) is 0 Å². The lowest BCUT2D eigenvalue weighted by atomic mass is 9.96. The predicted octanol–water partition coefficient (Wildman–Crippen LogP) is 4.28. The number of nitrogens with one attached hydrogen (secondary N) is 2. The summed E-state index contributed by atoms with van der Waals surface area (Å²) in [6.45, 7) is 3.24. The predicted molar refractivity (Wildman–Crippen MR) is 133 cm³/mol. The number of carbonyl (C=O) groups is 2.